The van der Waals surface area contributed by atoms with Crippen LogP contribution in [0.25, 0.3) is 0 Å². The van der Waals surface area contributed by atoms with Crippen molar-refractivity contribution in [2.75, 3.05) is 6.61 Å². The van der Waals surface area contributed by atoms with Gasteiger partial charge < -0.3 is 29.9 Å². The first-order chi connectivity index (χ1) is 10.3. The molecular weight excluding hydrogens is 288 g/mol. The maximum absolute atomic E-state index is 10.1. The number of hydrogen-bond acceptors (Lipinski definition) is 6. The summed E-state index contributed by atoms with van der Waals surface area (Å²) < 4.78 is 11.4. The Bertz CT molecular complexity index is 405. The average molecular weight is 316 g/mol. The highest BCUT2D eigenvalue weighted by Crippen LogP contribution is 2.36. The SMILES string of the molecule is CC1=CC[C@@H](C(C)(C)O[C@@H]2O[C@H](CO)[C@@H](O)[C@H](O)[C@H]2O)CC1. The molecule has 1 saturated heterocycles. The molecule has 1 fully saturated rings. The molecule has 1 heterocycles. The number of allylic oxidation sites excluding steroid dienone is 2. The molecule has 2 aliphatic rings. The molecule has 0 bridgehead atoms. The molecule has 0 spiro atoms. The van der Waals surface area contributed by atoms with Crippen LogP contribution in [0.2, 0.25) is 0 Å². The van der Waals surface area contributed by atoms with E-state index < -0.39 is 42.9 Å². The Morgan fingerprint density at radius 2 is 1.91 bits per heavy atom. The Kier molecular flexibility index (Phi) is 5.63. The molecule has 6 atom stereocenters. The second-order valence-electron chi connectivity index (χ2n) is 6.94. The highest BCUT2D eigenvalue weighted by molar-refractivity contribution is 5.05. The minimum absolute atomic E-state index is 0.281. The van der Waals surface area contributed by atoms with Crippen molar-refractivity contribution >= 4 is 0 Å². The lowest BCUT2D eigenvalue weighted by Crippen LogP contribution is -2.60. The van der Waals surface area contributed by atoms with Crippen molar-refractivity contribution in [3.05, 3.63) is 11.6 Å². The van der Waals surface area contributed by atoms with E-state index >= 15 is 0 Å². The van der Waals surface area contributed by atoms with E-state index in [1.54, 1.807) is 0 Å². The molecule has 6 heteroatoms. The van der Waals surface area contributed by atoms with Crippen molar-refractivity contribution in [1.29, 1.82) is 0 Å². The van der Waals surface area contributed by atoms with Crippen LogP contribution in [-0.4, -0.2) is 63.3 Å². The first kappa shape index (κ1) is 17.8. The van der Waals surface area contributed by atoms with Gasteiger partial charge in [0.25, 0.3) is 0 Å². The van der Waals surface area contributed by atoms with Crippen LogP contribution in [0.5, 0.6) is 0 Å². The lowest BCUT2D eigenvalue weighted by molar-refractivity contribution is -0.328. The van der Waals surface area contributed by atoms with Crippen molar-refractivity contribution in [2.24, 2.45) is 5.92 Å². The molecule has 128 valence electrons. The molecule has 0 aromatic rings. The quantitative estimate of drug-likeness (QED) is 0.558. The van der Waals surface area contributed by atoms with Crippen LogP contribution in [0.4, 0.5) is 0 Å². The number of rotatable bonds is 4. The van der Waals surface area contributed by atoms with Crippen molar-refractivity contribution in [1.82, 2.24) is 0 Å². The highest BCUT2D eigenvalue weighted by Gasteiger charge is 2.46. The van der Waals surface area contributed by atoms with Crippen LogP contribution in [0.15, 0.2) is 11.6 Å². The van der Waals surface area contributed by atoms with Gasteiger partial charge in [0, 0.05) is 0 Å². The first-order valence-corrected chi connectivity index (χ1v) is 7.90. The maximum Gasteiger partial charge on any atom is 0.187 e. The molecule has 1 aliphatic carbocycles. The van der Waals surface area contributed by atoms with E-state index in [9.17, 15) is 20.4 Å². The van der Waals surface area contributed by atoms with E-state index in [1.807, 2.05) is 13.8 Å². The number of ether oxygens (including phenoxy) is 2. The molecule has 0 aromatic heterocycles. The smallest absolute Gasteiger partial charge is 0.187 e. The van der Waals surface area contributed by atoms with Gasteiger partial charge in [-0.3, -0.25) is 0 Å². The van der Waals surface area contributed by atoms with Crippen molar-refractivity contribution < 1.29 is 29.9 Å². The van der Waals surface area contributed by atoms with Gasteiger partial charge >= 0.3 is 0 Å². The predicted molar refractivity (Wildman–Crippen MR) is 80.0 cm³/mol. The van der Waals surface area contributed by atoms with Gasteiger partial charge in [-0.05, 0) is 46.0 Å². The molecule has 1 aliphatic heterocycles. The second kappa shape index (κ2) is 6.95. The van der Waals surface area contributed by atoms with Gasteiger partial charge in [-0.2, -0.15) is 0 Å². The Balaban J connectivity index is 2.04. The van der Waals surface area contributed by atoms with E-state index in [0.717, 1.165) is 19.3 Å². The molecule has 0 amide bonds. The fourth-order valence-electron chi connectivity index (χ4n) is 3.16. The maximum atomic E-state index is 10.1. The average Bonchev–Trinajstić information content (AvgIpc) is 2.48. The van der Waals surface area contributed by atoms with Crippen LogP contribution >= 0.6 is 0 Å². The van der Waals surface area contributed by atoms with Gasteiger partial charge in [-0.25, -0.2) is 0 Å². The van der Waals surface area contributed by atoms with Gasteiger partial charge in [0.15, 0.2) is 6.29 Å². The van der Waals surface area contributed by atoms with E-state index in [4.69, 9.17) is 9.47 Å². The molecule has 4 N–H and O–H groups in total. The van der Waals surface area contributed by atoms with Crippen LogP contribution in [-0.2, 0) is 9.47 Å². The third-order valence-electron chi connectivity index (χ3n) is 4.89. The fraction of sp³-hybridized carbons (Fsp3) is 0.875. The normalized spacial score (nSPS) is 40.4. The largest absolute Gasteiger partial charge is 0.394 e. The number of hydrogen-bond donors (Lipinski definition) is 4. The van der Waals surface area contributed by atoms with Crippen LogP contribution < -0.4 is 0 Å². The van der Waals surface area contributed by atoms with Crippen LogP contribution in [0.1, 0.15) is 40.0 Å². The Morgan fingerprint density at radius 1 is 1.23 bits per heavy atom. The summed E-state index contributed by atoms with van der Waals surface area (Å²) in [6, 6.07) is 0. The summed E-state index contributed by atoms with van der Waals surface area (Å²) in [7, 11) is 0. The lowest BCUT2D eigenvalue weighted by Gasteiger charge is -2.45. The van der Waals surface area contributed by atoms with Crippen LogP contribution in [0, 0.1) is 5.92 Å². The zero-order chi connectivity index (χ0) is 16.5. The van der Waals surface area contributed by atoms with Gasteiger partial charge in [-0.1, -0.05) is 11.6 Å². The highest BCUT2D eigenvalue weighted by atomic mass is 16.7. The number of aliphatic hydroxyl groups is 4. The second-order valence-corrected chi connectivity index (χ2v) is 6.94. The zero-order valence-electron chi connectivity index (χ0n) is 13.5. The summed E-state index contributed by atoms with van der Waals surface area (Å²) in [4.78, 5) is 0. The van der Waals surface area contributed by atoms with E-state index in [-0.39, 0.29) is 5.92 Å². The molecule has 0 aromatic carbocycles. The van der Waals surface area contributed by atoms with Gasteiger partial charge in [-0.15, -0.1) is 0 Å². The van der Waals surface area contributed by atoms with E-state index in [2.05, 4.69) is 13.0 Å². The lowest BCUT2D eigenvalue weighted by atomic mass is 9.79. The summed E-state index contributed by atoms with van der Waals surface area (Å²) in [5.41, 5.74) is 0.824. The monoisotopic (exact) mass is 316 g/mol. The summed E-state index contributed by atoms with van der Waals surface area (Å²) in [6.45, 7) is 5.54. The molecular formula is C16H28O6. The van der Waals surface area contributed by atoms with Crippen molar-refractivity contribution in [2.45, 2.75) is 76.3 Å². The first-order valence-electron chi connectivity index (χ1n) is 7.90. The summed E-state index contributed by atoms with van der Waals surface area (Å²) >= 11 is 0. The van der Waals surface area contributed by atoms with Gasteiger partial charge in [0.1, 0.15) is 24.4 Å². The predicted octanol–water partition coefficient (Wildman–Crippen LogP) is 0.328. The van der Waals surface area contributed by atoms with Crippen LogP contribution in [0.3, 0.4) is 0 Å². The zero-order valence-corrected chi connectivity index (χ0v) is 13.5. The third-order valence-corrected chi connectivity index (χ3v) is 4.89. The van der Waals surface area contributed by atoms with Gasteiger partial charge in [0.2, 0.25) is 0 Å². The molecule has 2 rings (SSSR count). The minimum Gasteiger partial charge on any atom is -0.394 e. The summed E-state index contributed by atoms with van der Waals surface area (Å²) in [5, 5.41) is 38.9. The molecule has 0 unspecified atom stereocenters. The standard InChI is InChI=1S/C16H28O6/c1-9-4-6-10(7-5-9)16(2,3)22-15-14(20)13(19)12(18)11(8-17)21-15/h4,10-15,17-20H,5-8H2,1-3H3/t10-,11-,12-,13+,14-,15+/m1/s1. The topological polar surface area (TPSA) is 99.4 Å². The van der Waals surface area contributed by atoms with Gasteiger partial charge in [0.05, 0.1) is 12.2 Å². The number of aliphatic hydroxyl groups excluding tert-OH is 4. The minimum atomic E-state index is -1.40. The van der Waals surface area contributed by atoms with E-state index in [0.29, 0.717) is 0 Å². The van der Waals surface area contributed by atoms with Crippen molar-refractivity contribution in [3.63, 3.8) is 0 Å². The summed E-state index contributed by atoms with van der Waals surface area (Å²) in [6.07, 6.45) is -1.01. The molecule has 22 heavy (non-hydrogen) atoms. The Hall–Kier alpha value is -0.500. The molecule has 0 saturated carbocycles. The molecule has 0 radical (unpaired) electrons. The third kappa shape index (κ3) is 3.69. The Morgan fingerprint density at radius 3 is 2.45 bits per heavy atom. The summed E-state index contributed by atoms with van der Waals surface area (Å²) in [5.74, 6) is 0.281. The van der Waals surface area contributed by atoms with E-state index in [1.165, 1.54) is 5.57 Å². The fourth-order valence-corrected chi connectivity index (χ4v) is 3.16. The van der Waals surface area contributed by atoms with Crippen molar-refractivity contribution in [3.8, 4) is 0 Å². The Labute approximate surface area is 131 Å². The molecule has 6 nitrogen and oxygen atoms in total.